The van der Waals surface area contributed by atoms with Crippen LogP contribution in [0.5, 0.6) is 0 Å². The second kappa shape index (κ2) is 9.16. The van der Waals surface area contributed by atoms with Crippen LogP contribution in [0.1, 0.15) is 15.9 Å². The van der Waals surface area contributed by atoms with Gasteiger partial charge >= 0.3 is 0 Å². The molecule has 1 aliphatic rings. The molecule has 29 heavy (non-hydrogen) atoms. The summed E-state index contributed by atoms with van der Waals surface area (Å²) in [5, 5.41) is 4.72. The van der Waals surface area contributed by atoms with Crippen LogP contribution in [0, 0.1) is 0 Å². The van der Waals surface area contributed by atoms with Crippen LogP contribution in [0.2, 0.25) is 5.02 Å². The first kappa shape index (κ1) is 19.6. The van der Waals surface area contributed by atoms with Crippen molar-refractivity contribution in [2.24, 2.45) is 4.99 Å². The van der Waals surface area contributed by atoms with Crippen LogP contribution in [0.25, 0.3) is 0 Å². The van der Waals surface area contributed by atoms with Gasteiger partial charge in [0.25, 0.3) is 5.91 Å². The molecule has 1 unspecified atom stereocenters. The van der Waals surface area contributed by atoms with Crippen LogP contribution in [-0.4, -0.2) is 27.9 Å². The number of carbonyl (C=O) groups excluding carboxylic acids is 1. The maximum atomic E-state index is 12.7. The molecular formula is C23H20ClN3OS. The summed E-state index contributed by atoms with van der Waals surface area (Å²) in [5.74, 6) is 0.652. The molecule has 1 N–H and O–H groups in total. The van der Waals surface area contributed by atoms with Crippen molar-refractivity contribution in [2.45, 2.75) is 12.7 Å². The highest BCUT2D eigenvalue weighted by Crippen LogP contribution is 2.28. The first-order chi connectivity index (χ1) is 14.2. The van der Waals surface area contributed by atoms with Crippen LogP contribution in [0.15, 0.2) is 89.9 Å². The molecule has 4 rings (SSSR count). The zero-order chi connectivity index (χ0) is 20.1. The lowest BCUT2D eigenvalue weighted by Crippen LogP contribution is -2.46. The number of amides is 1. The number of thioether (sulfide) groups is 1. The molecule has 0 saturated carbocycles. The molecule has 3 aromatic carbocycles. The number of hydrogen-bond acceptors (Lipinski definition) is 3. The Morgan fingerprint density at radius 2 is 1.66 bits per heavy atom. The highest BCUT2D eigenvalue weighted by atomic mass is 35.5. The third kappa shape index (κ3) is 5.00. The van der Waals surface area contributed by atoms with E-state index in [-0.39, 0.29) is 12.1 Å². The normalized spacial score (nSPS) is 17.5. The lowest BCUT2D eigenvalue weighted by Gasteiger charge is -2.27. The second-order valence-electron chi connectivity index (χ2n) is 6.65. The number of benzene rings is 3. The smallest absolute Gasteiger partial charge is 0.252 e. The number of rotatable bonds is 5. The average Bonchev–Trinajstić information content (AvgIpc) is 3.12. The molecule has 0 spiro atoms. The minimum atomic E-state index is -0.140. The lowest BCUT2D eigenvalue weighted by atomic mass is 10.2. The summed E-state index contributed by atoms with van der Waals surface area (Å²) in [6.45, 7) is 0.667. The van der Waals surface area contributed by atoms with Crippen LogP contribution < -0.4 is 5.32 Å². The van der Waals surface area contributed by atoms with Gasteiger partial charge in [0.2, 0.25) is 0 Å². The highest BCUT2D eigenvalue weighted by molar-refractivity contribution is 8.14. The quantitative estimate of drug-likeness (QED) is 0.605. The van der Waals surface area contributed by atoms with Gasteiger partial charge in [0.15, 0.2) is 5.17 Å². The Labute approximate surface area is 179 Å². The average molecular weight is 422 g/mol. The third-order valence-corrected chi connectivity index (χ3v) is 5.89. The third-order valence-electron chi connectivity index (χ3n) is 4.57. The van der Waals surface area contributed by atoms with E-state index in [9.17, 15) is 4.79 Å². The standard InChI is InChI=1S/C23H20ClN3OS/c24-19-11-13-20(14-12-19)25-23-27(15-17-7-3-1-4-8-17)21(16-29-23)26-22(28)18-9-5-2-6-10-18/h1-14,21H,15-16H2,(H,26,28). The molecule has 1 saturated heterocycles. The maximum Gasteiger partial charge on any atom is 0.252 e. The van der Waals surface area contributed by atoms with Gasteiger partial charge in [0.1, 0.15) is 6.17 Å². The number of carbonyl (C=O) groups is 1. The van der Waals surface area contributed by atoms with E-state index >= 15 is 0 Å². The maximum absolute atomic E-state index is 12.7. The van der Waals surface area contributed by atoms with Crippen molar-refractivity contribution < 1.29 is 4.79 Å². The molecule has 1 fully saturated rings. The van der Waals surface area contributed by atoms with E-state index in [1.807, 2.05) is 72.8 Å². The lowest BCUT2D eigenvalue weighted by molar-refractivity contribution is 0.0910. The van der Waals surface area contributed by atoms with Crippen molar-refractivity contribution in [2.75, 3.05) is 5.75 Å². The van der Waals surface area contributed by atoms with Crippen LogP contribution in [0.3, 0.4) is 0 Å². The van der Waals surface area contributed by atoms with Crippen molar-refractivity contribution in [3.05, 3.63) is 101 Å². The fourth-order valence-corrected chi connectivity index (χ4v) is 4.31. The van der Waals surface area contributed by atoms with E-state index in [0.29, 0.717) is 17.1 Å². The van der Waals surface area contributed by atoms with E-state index in [4.69, 9.17) is 16.6 Å². The summed E-state index contributed by atoms with van der Waals surface area (Å²) in [6.07, 6.45) is -0.140. The van der Waals surface area contributed by atoms with E-state index < -0.39 is 0 Å². The van der Waals surface area contributed by atoms with Crippen LogP contribution >= 0.6 is 23.4 Å². The molecule has 4 nitrogen and oxygen atoms in total. The number of amidine groups is 1. The van der Waals surface area contributed by atoms with E-state index in [1.54, 1.807) is 11.8 Å². The Morgan fingerprint density at radius 3 is 2.34 bits per heavy atom. The minimum absolute atomic E-state index is 0.0815. The van der Waals surface area contributed by atoms with Gasteiger partial charge in [-0.2, -0.15) is 0 Å². The van der Waals surface area contributed by atoms with Gasteiger partial charge < -0.3 is 10.2 Å². The summed E-state index contributed by atoms with van der Waals surface area (Å²) >= 11 is 7.63. The monoisotopic (exact) mass is 421 g/mol. The van der Waals surface area contributed by atoms with Crippen molar-refractivity contribution in [3.8, 4) is 0 Å². The Balaban J connectivity index is 1.58. The Hall–Kier alpha value is -2.76. The molecule has 1 heterocycles. The summed E-state index contributed by atoms with van der Waals surface area (Å²) in [4.78, 5) is 19.7. The summed E-state index contributed by atoms with van der Waals surface area (Å²) < 4.78 is 0. The zero-order valence-corrected chi connectivity index (χ0v) is 17.2. The van der Waals surface area contributed by atoms with Crippen LogP contribution in [0.4, 0.5) is 5.69 Å². The predicted octanol–water partition coefficient (Wildman–Crippen LogP) is 5.33. The van der Waals surface area contributed by atoms with Crippen LogP contribution in [-0.2, 0) is 6.54 Å². The summed E-state index contributed by atoms with van der Waals surface area (Å²) in [5.41, 5.74) is 2.66. The SMILES string of the molecule is O=C(NC1CSC(=Nc2ccc(Cl)cc2)N1Cc1ccccc1)c1ccccc1. The number of aliphatic imine (C=N–C) groups is 1. The van der Waals surface area contributed by atoms with Gasteiger partial charge in [0, 0.05) is 22.9 Å². The molecule has 1 atom stereocenters. The van der Waals surface area contributed by atoms with Crippen molar-refractivity contribution in [1.82, 2.24) is 10.2 Å². The van der Waals surface area contributed by atoms with Crippen molar-refractivity contribution >= 4 is 40.1 Å². The summed E-state index contributed by atoms with van der Waals surface area (Å²) in [6, 6.07) is 26.9. The molecule has 0 bridgehead atoms. The van der Waals surface area contributed by atoms with Gasteiger partial charge in [0.05, 0.1) is 5.69 Å². The number of hydrogen-bond donors (Lipinski definition) is 1. The van der Waals surface area contributed by atoms with Gasteiger partial charge in [-0.05, 0) is 42.0 Å². The molecule has 6 heteroatoms. The molecule has 0 radical (unpaired) electrons. The molecule has 1 aliphatic heterocycles. The number of nitrogens with one attached hydrogen (secondary N) is 1. The first-order valence-electron chi connectivity index (χ1n) is 9.32. The van der Waals surface area contributed by atoms with Gasteiger partial charge in [-0.3, -0.25) is 4.79 Å². The molecule has 1 amide bonds. The predicted molar refractivity (Wildman–Crippen MR) is 121 cm³/mol. The number of halogens is 1. The Bertz CT molecular complexity index is 994. The summed E-state index contributed by atoms with van der Waals surface area (Å²) in [7, 11) is 0. The number of nitrogens with zero attached hydrogens (tertiary/aromatic N) is 2. The Morgan fingerprint density at radius 1 is 1.00 bits per heavy atom. The second-order valence-corrected chi connectivity index (χ2v) is 8.07. The largest absolute Gasteiger partial charge is 0.331 e. The van der Waals surface area contributed by atoms with E-state index in [1.165, 1.54) is 0 Å². The van der Waals surface area contributed by atoms with Crippen molar-refractivity contribution in [3.63, 3.8) is 0 Å². The van der Waals surface area contributed by atoms with Gasteiger partial charge in [-0.1, -0.05) is 71.9 Å². The fraction of sp³-hybridized carbons (Fsp3) is 0.130. The molecular weight excluding hydrogens is 402 g/mol. The van der Waals surface area contributed by atoms with E-state index in [0.717, 1.165) is 22.2 Å². The zero-order valence-electron chi connectivity index (χ0n) is 15.7. The topological polar surface area (TPSA) is 44.7 Å². The highest BCUT2D eigenvalue weighted by Gasteiger charge is 2.31. The molecule has 3 aromatic rings. The molecule has 146 valence electrons. The van der Waals surface area contributed by atoms with Gasteiger partial charge in [-0.15, -0.1) is 0 Å². The molecule has 0 aliphatic carbocycles. The van der Waals surface area contributed by atoms with Gasteiger partial charge in [-0.25, -0.2) is 4.99 Å². The van der Waals surface area contributed by atoms with Crippen molar-refractivity contribution in [1.29, 1.82) is 0 Å². The Kier molecular flexibility index (Phi) is 6.17. The fourth-order valence-electron chi connectivity index (χ4n) is 3.08. The molecule has 0 aromatic heterocycles. The first-order valence-corrected chi connectivity index (χ1v) is 10.7. The van der Waals surface area contributed by atoms with E-state index in [2.05, 4.69) is 22.3 Å². The minimum Gasteiger partial charge on any atom is -0.331 e.